The summed E-state index contributed by atoms with van der Waals surface area (Å²) in [6, 6.07) is 0. The fourth-order valence-corrected chi connectivity index (χ4v) is 15.0. The Balaban J connectivity index is 5.22. The zero-order valence-electron chi connectivity index (χ0n) is 70.1. The molecule has 106 heavy (non-hydrogen) atoms. The Bertz CT molecular complexity index is 2060. The smallest absolute Gasteiger partial charge is 0.462 e. The number of hydrogen-bond acceptors (Lipinski definition) is 15. The molecule has 0 radical (unpaired) electrons. The Hall–Kier alpha value is -1.94. The largest absolute Gasteiger partial charge is 0.472 e. The van der Waals surface area contributed by atoms with E-state index in [0.29, 0.717) is 25.7 Å². The molecule has 0 saturated heterocycles. The van der Waals surface area contributed by atoms with E-state index in [0.717, 1.165) is 120 Å². The number of aliphatic hydroxyl groups is 1. The lowest BCUT2D eigenvalue weighted by atomic mass is 9.99. The number of unbranched alkanes of at least 4 members (excludes halogenated alkanes) is 48. The van der Waals surface area contributed by atoms with Crippen molar-refractivity contribution < 1.29 is 80.2 Å². The minimum atomic E-state index is -4.97. The van der Waals surface area contributed by atoms with Crippen LogP contribution in [-0.4, -0.2) is 96.7 Å². The first-order valence-corrected chi connectivity index (χ1v) is 47.8. The summed E-state index contributed by atoms with van der Waals surface area (Å²) in [7, 11) is -9.93. The highest BCUT2D eigenvalue weighted by atomic mass is 31.2. The number of rotatable bonds is 84. The number of hydrogen-bond donors (Lipinski definition) is 3. The van der Waals surface area contributed by atoms with E-state index in [1.807, 2.05) is 0 Å². The summed E-state index contributed by atoms with van der Waals surface area (Å²) in [6.45, 7) is 14.4. The maximum Gasteiger partial charge on any atom is 0.472 e. The lowest BCUT2D eigenvalue weighted by molar-refractivity contribution is -0.161. The predicted molar refractivity (Wildman–Crippen MR) is 437 cm³/mol. The van der Waals surface area contributed by atoms with Crippen LogP contribution in [0, 0.1) is 23.7 Å². The monoisotopic (exact) mass is 1550 g/mol. The molecule has 0 aliphatic carbocycles. The minimum absolute atomic E-state index is 0.107. The highest BCUT2D eigenvalue weighted by molar-refractivity contribution is 7.47. The maximum absolute atomic E-state index is 13.1. The molecule has 0 heterocycles. The molecule has 0 spiro atoms. The lowest BCUT2D eigenvalue weighted by Crippen LogP contribution is -2.30. The van der Waals surface area contributed by atoms with E-state index in [9.17, 15) is 43.2 Å². The van der Waals surface area contributed by atoms with Gasteiger partial charge < -0.3 is 33.8 Å². The summed E-state index contributed by atoms with van der Waals surface area (Å²) in [4.78, 5) is 73.3. The van der Waals surface area contributed by atoms with Crippen molar-refractivity contribution in [3.05, 3.63) is 0 Å². The zero-order valence-corrected chi connectivity index (χ0v) is 71.9. The second kappa shape index (κ2) is 75.7. The van der Waals surface area contributed by atoms with Crippen LogP contribution in [0.25, 0.3) is 0 Å². The molecular formula is C87H170O17P2. The summed E-state index contributed by atoms with van der Waals surface area (Å²) < 4.78 is 68.9. The molecule has 0 fully saturated rings. The SMILES string of the molecule is CCC(C)CCCCCCCCCCCCCCCCC(=O)O[C@H](COC(=O)CCCCCCCCCCCCCCCCC(C)C)COP(=O)(O)OC[C@@H](O)COP(=O)(O)OC[C@@H](COC(=O)CCCCCCCCC(C)CC)OC(=O)CCCCCCCCCCCCCCCCCCCCC(C)C. The van der Waals surface area contributed by atoms with Crippen LogP contribution in [0.4, 0.5) is 0 Å². The van der Waals surface area contributed by atoms with Gasteiger partial charge in [-0.15, -0.1) is 0 Å². The molecule has 0 amide bonds. The highest BCUT2D eigenvalue weighted by Gasteiger charge is 2.31. The molecule has 630 valence electrons. The van der Waals surface area contributed by atoms with Crippen LogP contribution in [0.15, 0.2) is 0 Å². The van der Waals surface area contributed by atoms with E-state index >= 15 is 0 Å². The van der Waals surface area contributed by atoms with Crippen molar-refractivity contribution in [1.29, 1.82) is 0 Å². The first-order valence-electron chi connectivity index (χ1n) is 44.8. The van der Waals surface area contributed by atoms with Crippen molar-refractivity contribution in [2.24, 2.45) is 23.7 Å². The Morgan fingerprint density at radius 2 is 0.453 bits per heavy atom. The Morgan fingerprint density at radius 3 is 0.670 bits per heavy atom. The van der Waals surface area contributed by atoms with Crippen molar-refractivity contribution in [2.45, 2.75) is 472 Å². The van der Waals surface area contributed by atoms with E-state index in [2.05, 4.69) is 55.4 Å². The van der Waals surface area contributed by atoms with Crippen molar-refractivity contribution in [3.63, 3.8) is 0 Å². The Morgan fingerprint density at radius 1 is 0.264 bits per heavy atom. The van der Waals surface area contributed by atoms with Crippen LogP contribution < -0.4 is 0 Å². The number of aliphatic hydroxyl groups excluding tert-OH is 1. The fraction of sp³-hybridized carbons (Fsp3) is 0.954. The quantitative estimate of drug-likeness (QED) is 0.0222. The first kappa shape index (κ1) is 104. The van der Waals surface area contributed by atoms with E-state index in [-0.39, 0.29) is 25.7 Å². The van der Waals surface area contributed by atoms with Gasteiger partial charge in [0.05, 0.1) is 26.4 Å². The third kappa shape index (κ3) is 77.4. The van der Waals surface area contributed by atoms with Crippen LogP contribution >= 0.6 is 15.6 Å². The molecule has 0 bridgehead atoms. The number of ether oxygens (including phenoxy) is 4. The lowest BCUT2D eigenvalue weighted by Gasteiger charge is -2.21. The van der Waals surface area contributed by atoms with Crippen LogP contribution in [0.1, 0.15) is 453 Å². The Labute approximate surface area is 651 Å². The summed E-state index contributed by atoms with van der Waals surface area (Å²) in [6.07, 6.45) is 65.2. The average Bonchev–Trinajstić information content (AvgIpc) is 0.903. The molecule has 7 atom stereocenters. The number of phosphoric ester groups is 2. The number of carbonyl (C=O) groups is 4. The van der Waals surface area contributed by atoms with Gasteiger partial charge in [-0.2, -0.15) is 0 Å². The second-order valence-corrected chi connectivity index (χ2v) is 35.6. The molecule has 0 rings (SSSR count). The van der Waals surface area contributed by atoms with Crippen molar-refractivity contribution in [1.82, 2.24) is 0 Å². The van der Waals surface area contributed by atoms with Gasteiger partial charge >= 0.3 is 39.5 Å². The van der Waals surface area contributed by atoms with E-state index in [1.54, 1.807) is 0 Å². The van der Waals surface area contributed by atoms with Crippen LogP contribution in [0.3, 0.4) is 0 Å². The molecule has 0 aliphatic heterocycles. The molecule has 0 aromatic heterocycles. The standard InChI is InChI=1S/C87H170O17P2/c1-9-79(7)65-57-49-41-35-29-23-18-20-26-32-38-44-54-62-69-86(91)103-82(73-97-84(89)67-59-51-42-36-30-24-19-17-22-28-34-40-48-56-64-78(5)6)75-101-105(93,94)99-71-81(88)72-100-106(95,96)102-76-83(74-98-85(90)68-60-52-46-45-50-58-66-80(8)10-2)104-87(92)70-61-53-43-37-31-25-16-14-12-11-13-15-21-27-33-39-47-55-63-77(3)4/h77-83,88H,9-76H2,1-8H3,(H,93,94)(H,95,96)/t79?,80?,81-,82-,83-/m1/s1. The number of phosphoric acid groups is 2. The summed E-state index contributed by atoms with van der Waals surface area (Å²) in [5.74, 6) is 1.09. The third-order valence-corrected chi connectivity index (χ3v) is 22.9. The third-order valence-electron chi connectivity index (χ3n) is 21.0. The van der Waals surface area contributed by atoms with Crippen molar-refractivity contribution in [3.8, 4) is 0 Å². The van der Waals surface area contributed by atoms with Crippen molar-refractivity contribution in [2.75, 3.05) is 39.6 Å². The first-order chi connectivity index (χ1) is 51.2. The van der Waals surface area contributed by atoms with Gasteiger partial charge in [0.15, 0.2) is 12.2 Å². The van der Waals surface area contributed by atoms with Gasteiger partial charge in [-0.05, 0) is 49.4 Å². The molecule has 0 aromatic carbocycles. The molecule has 3 N–H and O–H groups in total. The van der Waals surface area contributed by atoms with Gasteiger partial charge in [-0.1, -0.05) is 402 Å². The molecular weight excluding hydrogens is 1380 g/mol. The molecule has 0 aromatic rings. The fourth-order valence-electron chi connectivity index (χ4n) is 13.4. The van der Waals surface area contributed by atoms with Gasteiger partial charge in [-0.25, -0.2) is 9.13 Å². The van der Waals surface area contributed by atoms with Crippen LogP contribution in [-0.2, 0) is 65.4 Å². The summed E-state index contributed by atoms with van der Waals surface area (Å²) in [5, 5.41) is 10.7. The average molecular weight is 1550 g/mol. The topological polar surface area (TPSA) is 237 Å². The molecule has 17 nitrogen and oxygen atoms in total. The second-order valence-electron chi connectivity index (χ2n) is 32.7. The van der Waals surface area contributed by atoms with Crippen LogP contribution in [0.5, 0.6) is 0 Å². The van der Waals surface area contributed by atoms with Gasteiger partial charge in [0.1, 0.15) is 19.3 Å². The zero-order chi connectivity index (χ0) is 78.1. The molecule has 19 heteroatoms. The number of esters is 4. The minimum Gasteiger partial charge on any atom is -0.462 e. The van der Waals surface area contributed by atoms with E-state index in [1.165, 1.54) is 250 Å². The van der Waals surface area contributed by atoms with Gasteiger partial charge in [0.2, 0.25) is 0 Å². The predicted octanol–water partition coefficient (Wildman–Crippen LogP) is 26.3. The van der Waals surface area contributed by atoms with E-state index in [4.69, 9.17) is 37.0 Å². The molecule has 0 aliphatic rings. The molecule has 4 unspecified atom stereocenters. The molecule has 0 saturated carbocycles. The van der Waals surface area contributed by atoms with Gasteiger partial charge in [0, 0.05) is 25.7 Å². The van der Waals surface area contributed by atoms with Gasteiger partial charge in [-0.3, -0.25) is 37.3 Å². The van der Waals surface area contributed by atoms with Crippen molar-refractivity contribution >= 4 is 39.5 Å². The van der Waals surface area contributed by atoms with Gasteiger partial charge in [0.25, 0.3) is 0 Å². The highest BCUT2D eigenvalue weighted by Crippen LogP contribution is 2.45. The number of carbonyl (C=O) groups excluding carboxylic acids is 4. The summed E-state index contributed by atoms with van der Waals surface area (Å²) >= 11 is 0. The normalized spacial score (nSPS) is 14.4. The van der Waals surface area contributed by atoms with Crippen LogP contribution in [0.2, 0.25) is 0 Å². The summed E-state index contributed by atoms with van der Waals surface area (Å²) in [5.41, 5.74) is 0. The van der Waals surface area contributed by atoms with E-state index < -0.39 is 97.5 Å². The Kier molecular flexibility index (Phi) is 74.3. The maximum atomic E-state index is 13.1.